The molecule has 0 saturated carbocycles. The van der Waals surface area contributed by atoms with Gasteiger partial charge in [-0.3, -0.25) is 4.79 Å². The number of aromatic amines is 1. The maximum atomic E-state index is 12.6. The highest BCUT2D eigenvalue weighted by Crippen LogP contribution is 2.28. The Balaban J connectivity index is 1.55. The molecule has 4 heteroatoms. The topological polar surface area (TPSA) is 48.1 Å². The lowest BCUT2D eigenvalue weighted by Crippen LogP contribution is -2.39. The van der Waals surface area contributed by atoms with Crippen molar-refractivity contribution < 1.29 is 4.79 Å². The van der Waals surface area contributed by atoms with Gasteiger partial charge in [-0.05, 0) is 24.0 Å². The number of nitrogens with zero attached hydrogens (tertiary/aromatic N) is 1. The van der Waals surface area contributed by atoms with E-state index in [1.807, 2.05) is 18.3 Å². The molecular weight excluding hydrogens is 250 g/mol. The molecular formula is C16H19N3O. The average Bonchev–Trinajstić information content (AvgIpc) is 3.13. The molecule has 2 atom stereocenters. The summed E-state index contributed by atoms with van der Waals surface area (Å²) in [4.78, 5) is 17.9. The van der Waals surface area contributed by atoms with E-state index in [0.29, 0.717) is 18.4 Å². The summed E-state index contributed by atoms with van der Waals surface area (Å²) in [5.74, 6) is 0.938. The van der Waals surface area contributed by atoms with Gasteiger partial charge >= 0.3 is 0 Å². The largest absolute Gasteiger partial charge is 0.361 e. The molecule has 4 rings (SSSR count). The van der Waals surface area contributed by atoms with Gasteiger partial charge in [0.05, 0.1) is 6.42 Å². The van der Waals surface area contributed by atoms with E-state index in [1.54, 1.807) is 0 Å². The fourth-order valence-electron chi connectivity index (χ4n) is 3.70. The molecule has 104 valence electrons. The third-order valence-electron chi connectivity index (χ3n) is 4.78. The van der Waals surface area contributed by atoms with Crippen LogP contribution in [0.25, 0.3) is 10.9 Å². The standard InChI is InChI=1S/C16H19N3O/c20-16(19-6-5-11-8-17-10-15(11)19)7-12-9-18-14-4-2-1-3-13(12)14/h1-4,9,11,15,17-18H,5-8,10H2/t11-,15+/m0/s1. The summed E-state index contributed by atoms with van der Waals surface area (Å²) in [6.07, 6.45) is 3.63. The predicted molar refractivity (Wildman–Crippen MR) is 78.5 cm³/mol. The van der Waals surface area contributed by atoms with Crippen LogP contribution in [0.15, 0.2) is 30.5 Å². The Kier molecular flexibility index (Phi) is 2.77. The summed E-state index contributed by atoms with van der Waals surface area (Å²) in [5, 5.41) is 4.57. The molecule has 1 amide bonds. The van der Waals surface area contributed by atoms with Gasteiger partial charge in [-0.1, -0.05) is 18.2 Å². The quantitative estimate of drug-likeness (QED) is 0.868. The number of para-hydroxylation sites is 1. The second-order valence-corrected chi connectivity index (χ2v) is 5.90. The molecule has 4 nitrogen and oxygen atoms in total. The van der Waals surface area contributed by atoms with E-state index < -0.39 is 0 Å². The highest BCUT2D eigenvalue weighted by atomic mass is 16.2. The van der Waals surface area contributed by atoms with E-state index in [9.17, 15) is 4.79 Å². The molecule has 2 saturated heterocycles. The van der Waals surface area contributed by atoms with Gasteiger partial charge in [-0.25, -0.2) is 0 Å². The van der Waals surface area contributed by atoms with Crippen molar-refractivity contribution in [2.24, 2.45) is 5.92 Å². The van der Waals surface area contributed by atoms with Crippen molar-refractivity contribution >= 4 is 16.8 Å². The Morgan fingerprint density at radius 2 is 2.20 bits per heavy atom. The Labute approximate surface area is 118 Å². The highest BCUT2D eigenvalue weighted by molar-refractivity contribution is 5.89. The average molecular weight is 269 g/mol. The first kappa shape index (κ1) is 12.0. The normalized spacial score (nSPS) is 25.3. The van der Waals surface area contributed by atoms with Crippen LogP contribution >= 0.6 is 0 Å². The number of benzene rings is 1. The smallest absolute Gasteiger partial charge is 0.227 e. The molecule has 2 aromatic rings. The lowest BCUT2D eigenvalue weighted by atomic mass is 10.0. The molecule has 0 unspecified atom stereocenters. The number of aromatic nitrogens is 1. The second kappa shape index (κ2) is 4.63. The van der Waals surface area contributed by atoms with Crippen LogP contribution in [-0.2, 0) is 11.2 Å². The van der Waals surface area contributed by atoms with Gasteiger partial charge in [0.15, 0.2) is 0 Å². The fraction of sp³-hybridized carbons (Fsp3) is 0.438. The van der Waals surface area contributed by atoms with Gasteiger partial charge in [-0.15, -0.1) is 0 Å². The van der Waals surface area contributed by atoms with Gasteiger partial charge in [0, 0.05) is 42.8 Å². The first-order valence-corrected chi connectivity index (χ1v) is 7.38. The minimum Gasteiger partial charge on any atom is -0.361 e. The molecule has 3 heterocycles. The molecule has 0 aliphatic carbocycles. The van der Waals surface area contributed by atoms with Gasteiger partial charge in [0.25, 0.3) is 0 Å². The third kappa shape index (κ3) is 1.83. The van der Waals surface area contributed by atoms with Crippen molar-refractivity contribution in [3.63, 3.8) is 0 Å². The summed E-state index contributed by atoms with van der Waals surface area (Å²) in [6.45, 7) is 2.96. The number of carbonyl (C=O) groups is 1. The van der Waals surface area contributed by atoms with Crippen molar-refractivity contribution in [3.8, 4) is 0 Å². The molecule has 2 N–H and O–H groups in total. The van der Waals surface area contributed by atoms with Crippen molar-refractivity contribution in [1.29, 1.82) is 0 Å². The van der Waals surface area contributed by atoms with Crippen LogP contribution in [-0.4, -0.2) is 41.5 Å². The van der Waals surface area contributed by atoms with E-state index in [2.05, 4.69) is 27.3 Å². The minimum absolute atomic E-state index is 0.269. The molecule has 20 heavy (non-hydrogen) atoms. The van der Waals surface area contributed by atoms with Crippen molar-refractivity contribution in [2.75, 3.05) is 19.6 Å². The number of nitrogens with one attached hydrogen (secondary N) is 2. The number of H-pyrrole nitrogens is 1. The first-order chi connectivity index (χ1) is 9.83. The van der Waals surface area contributed by atoms with Crippen molar-refractivity contribution in [3.05, 3.63) is 36.0 Å². The van der Waals surface area contributed by atoms with Crippen LogP contribution in [0, 0.1) is 5.92 Å². The molecule has 2 aliphatic rings. The zero-order chi connectivity index (χ0) is 13.5. The summed E-state index contributed by atoms with van der Waals surface area (Å²) >= 11 is 0. The molecule has 0 spiro atoms. The summed E-state index contributed by atoms with van der Waals surface area (Å²) in [6, 6.07) is 8.60. The zero-order valence-electron chi connectivity index (χ0n) is 11.4. The maximum Gasteiger partial charge on any atom is 0.227 e. The van der Waals surface area contributed by atoms with Crippen molar-refractivity contribution in [1.82, 2.24) is 15.2 Å². The molecule has 0 bridgehead atoms. The SMILES string of the molecule is O=C(Cc1c[nH]c2ccccc12)N1CC[C@H]2CNC[C@H]21. The van der Waals surface area contributed by atoms with E-state index >= 15 is 0 Å². The van der Waals surface area contributed by atoms with Gasteiger partial charge in [-0.2, -0.15) is 0 Å². The summed E-state index contributed by atoms with van der Waals surface area (Å²) in [5.41, 5.74) is 2.22. The number of fused-ring (bicyclic) bond motifs is 2. The molecule has 2 aliphatic heterocycles. The van der Waals surface area contributed by atoms with Crippen LogP contribution in [0.1, 0.15) is 12.0 Å². The van der Waals surface area contributed by atoms with Crippen LogP contribution in [0.2, 0.25) is 0 Å². The second-order valence-electron chi connectivity index (χ2n) is 5.90. The van der Waals surface area contributed by atoms with Crippen LogP contribution in [0.5, 0.6) is 0 Å². The van der Waals surface area contributed by atoms with Crippen LogP contribution in [0.4, 0.5) is 0 Å². The number of hydrogen-bond donors (Lipinski definition) is 2. The predicted octanol–water partition coefficient (Wildman–Crippen LogP) is 1.53. The van der Waals surface area contributed by atoms with Crippen LogP contribution in [0.3, 0.4) is 0 Å². The van der Waals surface area contributed by atoms with E-state index in [-0.39, 0.29) is 5.91 Å². The first-order valence-electron chi connectivity index (χ1n) is 7.38. The number of hydrogen-bond acceptors (Lipinski definition) is 2. The number of carbonyl (C=O) groups excluding carboxylic acids is 1. The minimum atomic E-state index is 0.269. The van der Waals surface area contributed by atoms with Crippen molar-refractivity contribution in [2.45, 2.75) is 18.9 Å². The molecule has 1 aromatic carbocycles. The summed E-state index contributed by atoms with van der Waals surface area (Å²) < 4.78 is 0. The lowest BCUT2D eigenvalue weighted by Gasteiger charge is -2.23. The van der Waals surface area contributed by atoms with Crippen LogP contribution < -0.4 is 5.32 Å². The molecule has 0 radical (unpaired) electrons. The number of amides is 1. The van der Waals surface area contributed by atoms with E-state index in [0.717, 1.165) is 37.1 Å². The molecule has 2 fully saturated rings. The van der Waals surface area contributed by atoms with Gasteiger partial charge in [0.2, 0.25) is 5.91 Å². The number of rotatable bonds is 2. The number of likely N-dealkylation sites (tertiary alicyclic amines) is 1. The van der Waals surface area contributed by atoms with Gasteiger partial charge < -0.3 is 15.2 Å². The Hall–Kier alpha value is -1.81. The Morgan fingerprint density at radius 1 is 1.30 bits per heavy atom. The maximum absolute atomic E-state index is 12.6. The third-order valence-corrected chi connectivity index (χ3v) is 4.78. The molecule has 1 aromatic heterocycles. The summed E-state index contributed by atoms with van der Waals surface area (Å²) in [7, 11) is 0. The lowest BCUT2D eigenvalue weighted by molar-refractivity contribution is -0.131. The monoisotopic (exact) mass is 269 g/mol. The Morgan fingerprint density at radius 3 is 3.15 bits per heavy atom. The fourth-order valence-corrected chi connectivity index (χ4v) is 3.70. The van der Waals surface area contributed by atoms with Gasteiger partial charge in [0.1, 0.15) is 0 Å². The zero-order valence-corrected chi connectivity index (χ0v) is 11.4. The Bertz CT molecular complexity index is 648. The van der Waals surface area contributed by atoms with E-state index in [1.165, 1.54) is 5.39 Å². The van der Waals surface area contributed by atoms with E-state index in [4.69, 9.17) is 0 Å². The highest BCUT2D eigenvalue weighted by Gasteiger charge is 2.39.